The van der Waals surface area contributed by atoms with Crippen molar-refractivity contribution in [2.24, 2.45) is 7.05 Å². The largest absolute Gasteiger partial charge is 0.494 e. The summed E-state index contributed by atoms with van der Waals surface area (Å²) >= 11 is 0. The molecule has 0 aliphatic carbocycles. The van der Waals surface area contributed by atoms with E-state index in [1.807, 2.05) is 26.2 Å². The van der Waals surface area contributed by atoms with Crippen LogP contribution in [-0.4, -0.2) is 32.7 Å². The van der Waals surface area contributed by atoms with Gasteiger partial charge in [0.2, 0.25) is 0 Å². The number of aryl methyl sites for hydroxylation is 1. The summed E-state index contributed by atoms with van der Waals surface area (Å²) in [6, 6.07) is 4.40. The predicted molar refractivity (Wildman–Crippen MR) is 95.2 cm³/mol. The Morgan fingerprint density at radius 2 is 2.23 bits per heavy atom. The number of aromatic nitrogens is 4. The first-order chi connectivity index (χ1) is 12.6. The van der Waals surface area contributed by atoms with E-state index in [9.17, 15) is 0 Å². The number of benzene rings is 1. The van der Waals surface area contributed by atoms with Gasteiger partial charge >= 0.3 is 6.01 Å². The van der Waals surface area contributed by atoms with Gasteiger partial charge in [0.15, 0.2) is 0 Å². The van der Waals surface area contributed by atoms with E-state index in [1.54, 1.807) is 10.9 Å². The van der Waals surface area contributed by atoms with E-state index in [0.717, 1.165) is 29.0 Å². The van der Waals surface area contributed by atoms with E-state index >= 15 is 0 Å². The van der Waals surface area contributed by atoms with Gasteiger partial charge in [-0.2, -0.15) is 5.10 Å². The summed E-state index contributed by atoms with van der Waals surface area (Å²) in [7, 11) is 1.84. The van der Waals surface area contributed by atoms with Crippen LogP contribution in [0.25, 0.3) is 11.5 Å². The average Bonchev–Trinajstić information content (AvgIpc) is 3.31. The number of nitrogens with one attached hydrogen (secondary N) is 1. The molecule has 0 saturated heterocycles. The van der Waals surface area contributed by atoms with Crippen LogP contribution < -0.4 is 14.8 Å². The number of hydrogen-bond donors (Lipinski definition) is 1. The molecule has 8 heteroatoms. The lowest BCUT2D eigenvalue weighted by Crippen LogP contribution is -2.07. The van der Waals surface area contributed by atoms with Crippen molar-refractivity contribution >= 4 is 6.01 Å². The van der Waals surface area contributed by atoms with Gasteiger partial charge in [-0.05, 0) is 26.0 Å². The third-order valence-electron chi connectivity index (χ3n) is 4.16. The minimum Gasteiger partial charge on any atom is -0.494 e. The van der Waals surface area contributed by atoms with Crippen LogP contribution in [0, 0.1) is 0 Å². The van der Waals surface area contributed by atoms with E-state index < -0.39 is 0 Å². The van der Waals surface area contributed by atoms with Gasteiger partial charge in [0.25, 0.3) is 5.89 Å². The first-order valence-electron chi connectivity index (χ1n) is 8.64. The minimum absolute atomic E-state index is 0.168. The lowest BCUT2D eigenvalue weighted by molar-refractivity contribution is 0.252. The zero-order chi connectivity index (χ0) is 18.1. The molecular weight excluding hydrogens is 334 g/mol. The van der Waals surface area contributed by atoms with Gasteiger partial charge in [0.05, 0.1) is 18.4 Å². The van der Waals surface area contributed by atoms with Gasteiger partial charge in [0.1, 0.15) is 17.6 Å². The Morgan fingerprint density at radius 3 is 3.00 bits per heavy atom. The van der Waals surface area contributed by atoms with Gasteiger partial charge in [0, 0.05) is 37.3 Å². The molecule has 3 heterocycles. The molecule has 1 aliphatic rings. The zero-order valence-electron chi connectivity index (χ0n) is 15.0. The first kappa shape index (κ1) is 16.4. The molecule has 26 heavy (non-hydrogen) atoms. The number of rotatable bonds is 6. The third-order valence-corrected chi connectivity index (χ3v) is 4.16. The number of ether oxygens (including phenoxy) is 2. The second-order valence-electron chi connectivity index (χ2n) is 6.30. The van der Waals surface area contributed by atoms with Crippen LogP contribution in [0.4, 0.5) is 6.01 Å². The minimum atomic E-state index is 0.168. The van der Waals surface area contributed by atoms with Crippen molar-refractivity contribution in [3.05, 3.63) is 35.7 Å². The Kier molecular flexibility index (Phi) is 4.24. The van der Waals surface area contributed by atoms with Crippen molar-refractivity contribution in [2.45, 2.75) is 32.9 Å². The molecule has 3 aromatic rings. The van der Waals surface area contributed by atoms with Crippen molar-refractivity contribution in [3.8, 4) is 23.0 Å². The Labute approximate surface area is 151 Å². The molecule has 8 nitrogen and oxygen atoms in total. The zero-order valence-corrected chi connectivity index (χ0v) is 15.0. The van der Waals surface area contributed by atoms with Crippen LogP contribution in [0.5, 0.6) is 11.5 Å². The SMILES string of the molecule is CCOc1cc(CNc2nnc(-c3cnn(C)c3)o2)c2c(c1)CC(C)O2. The number of fused-ring (bicyclic) bond motifs is 1. The Hall–Kier alpha value is -3.03. The van der Waals surface area contributed by atoms with E-state index in [1.165, 1.54) is 5.56 Å². The van der Waals surface area contributed by atoms with Gasteiger partial charge in [-0.15, -0.1) is 5.10 Å². The van der Waals surface area contributed by atoms with Crippen LogP contribution >= 0.6 is 0 Å². The average molecular weight is 355 g/mol. The molecule has 4 rings (SSSR count). The maximum atomic E-state index is 5.96. The van der Waals surface area contributed by atoms with E-state index in [0.29, 0.717) is 25.1 Å². The van der Waals surface area contributed by atoms with E-state index in [-0.39, 0.29) is 6.10 Å². The van der Waals surface area contributed by atoms with Gasteiger partial charge in [-0.25, -0.2) is 0 Å². The fourth-order valence-corrected chi connectivity index (χ4v) is 3.07. The number of hydrogen-bond acceptors (Lipinski definition) is 7. The summed E-state index contributed by atoms with van der Waals surface area (Å²) in [5.74, 6) is 2.20. The second kappa shape index (κ2) is 6.70. The summed E-state index contributed by atoms with van der Waals surface area (Å²) < 4.78 is 19.0. The molecule has 0 fully saturated rings. The van der Waals surface area contributed by atoms with Gasteiger partial charge in [-0.1, -0.05) is 5.10 Å². The standard InChI is InChI=1S/C18H21N5O3/c1-4-24-15-6-12-5-11(2)25-16(12)13(7-15)8-19-18-22-21-17(26-18)14-9-20-23(3)10-14/h6-7,9-11H,4-5,8H2,1-3H3,(H,19,22). The lowest BCUT2D eigenvalue weighted by atomic mass is 10.1. The van der Waals surface area contributed by atoms with Crippen LogP contribution in [-0.2, 0) is 20.0 Å². The second-order valence-corrected chi connectivity index (χ2v) is 6.30. The first-order valence-corrected chi connectivity index (χ1v) is 8.64. The van der Waals surface area contributed by atoms with E-state index in [4.69, 9.17) is 13.9 Å². The van der Waals surface area contributed by atoms with Gasteiger partial charge in [-0.3, -0.25) is 4.68 Å². The third kappa shape index (κ3) is 3.22. The summed E-state index contributed by atoms with van der Waals surface area (Å²) in [6.45, 7) is 5.17. The molecule has 1 unspecified atom stereocenters. The molecule has 0 amide bonds. The molecule has 2 aromatic heterocycles. The summed E-state index contributed by atoms with van der Waals surface area (Å²) in [5.41, 5.74) is 2.96. The molecule has 0 spiro atoms. The van der Waals surface area contributed by atoms with Crippen molar-refractivity contribution < 1.29 is 13.9 Å². The van der Waals surface area contributed by atoms with Crippen molar-refractivity contribution in [1.29, 1.82) is 0 Å². The molecule has 1 aromatic carbocycles. The summed E-state index contributed by atoms with van der Waals surface area (Å²) in [6.07, 6.45) is 4.56. The quantitative estimate of drug-likeness (QED) is 0.727. The highest BCUT2D eigenvalue weighted by atomic mass is 16.5. The molecular formula is C18H21N5O3. The molecule has 1 aliphatic heterocycles. The van der Waals surface area contributed by atoms with Crippen LogP contribution in [0.15, 0.2) is 28.9 Å². The fourth-order valence-electron chi connectivity index (χ4n) is 3.07. The number of anilines is 1. The normalized spacial score (nSPS) is 15.6. The molecule has 0 bridgehead atoms. The van der Waals surface area contributed by atoms with Crippen LogP contribution in [0.2, 0.25) is 0 Å². The maximum absolute atomic E-state index is 5.96. The highest BCUT2D eigenvalue weighted by Gasteiger charge is 2.23. The topological polar surface area (TPSA) is 87.2 Å². The molecule has 0 saturated carbocycles. The maximum Gasteiger partial charge on any atom is 0.316 e. The molecule has 0 radical (unpaired) electrons. The molecule has 136 valence electrons. The van der Waals surface area contributed by atoms with Crippen molar-refractivity contribution in [1.82, 2.24) is 20.0 Å². The van der Waals surface area contributed by atoms with Gasteiger partial charge < -0.3 is 19.2 Å². The van der Waals surface area contributed by atoms with Crippen LogP contribution in [0.1, 0.15) is 25.0 Å². The Balaban J connectivity index is 1.52. The highest BCUT2D eigenvalue weighted by Crippen LogP contribution is 2.36. The monoisotopic (exact) mass is 355 g/mol. The van der Waals surface area contributed by atoms with Crippen LogP contribution in [0.3, 0.4) is 0 Å². The molecule has 1 N–H and O–H groups in total. The smallest absolute Gasteiger partial charge is 0.316 e. The Bertz CT molecular complexity index is 917. The predicted octanol–water partition coefficient (Wildman–Crippen LogP) is 2.80. The summed E-state index contributed by atoms with van der Waals surface area (Å²) in [4.78, 5) is 0. The summed E-state index contributed by atoms with van der Waals surface area (Å²) in [5, 5.41) is 15.4. The van der Waals surface area contributed by atoms with Crippen molar-refractivity contribution in [3.63, 3.8) is 0 Å². The molecule has 1 atom stereocenters. The highest BCUT2D eigenvalue weighted by molar-refractivity contribution is 5.52. The van der Waals surface area contributed by atoms with E-state index in [2.05, 4.69) is 33.6 Å². The Morgan fingerprint density at radius 1 is 1.35 bits per heavy atom. The number of nitrogens with zero attached hydrogens (tertiary/aromatic N) is 4. The lowest BCUT2D eigenvalue weighted by Gasteiger charge is -2.12. The van der Waals surface area contributed by atoms with Crippen molar-refractivity contribution in [2.75, 3.05) is 11.9 Å². The fraction of sp³-hybridized carbons (Fsp3) is 0.389.